The number of carbonyl (C=O) groups is 4. The lowest BCUT2D eigenvalue weighted by molar-refractivity contribution is -0.174. The molecule has 1 aliphatic carbocycles. The normalized spacial score (nSPS) is 26.4. The number of hydrogen-bond acceptors (Lipinski definition) is 7. The zero-order valence-corrected chi connectivity index (χ0v) is 13.7. The predicted octanol–water partition coefficient (Wildman–Crippen LogP) is 0.566. The summed E-state index contributed by atoms with van der Waals surface area (Å²) >= 11 is 0. The van der Waals surface area contributed by atoms with Crippen LogP contribution in [-0.2, 0) is 33.4 Å². The Balaban J connectivity index is 3.29. The average molecular weight is 330 g/mol. The van der Waals surface area contributed by atoms with E-state index in [-0.39, 0.29) is 6.42 Å². The summed E-state index contributed by atoms with van der Waals surface area (Å²) in [5, 5.41) is 9.25. The van der Waals surface area contributed by atoms with E-state index in [1.54, 1.807) is 6.92 Å². The first-order valence-corrected chi connectivity index (χ1v) is 7.25. The number of hydrogen-bond donors (Lipinski definition) is 1. The number of rotatable bonds is 7. The topological polar surface area (TPSA) is 116 Å². The molecule has 0 radical (unpaired) electrons. The van der Waals surface area contributed by atoms with E-state index >= 15 is 0 Å². The maximum atomic E-state index is 12.5. The van der Waals surface area contributed by atoms with Crippen molar-refractivity contribution in [1.29, 1.82) is 0 Å². The van der Waals surface area contributed by atoms with E-state index in [9.17, 15) is 24.3 Å². The highest BCUT2D eigenvalue weighted by Crippen LogP contribution is 2.47. The van der Waals surface area contributed by atoms with E-state index < -0.39 is 53.7 Å². The van der Waals surface area contributed by atoms with Gasteiger partial charge < -0.3 is 19.3 Å². The number of aliphatic carboxylic acids is 1. The predicted molar refractivity (Wildman–Crippen MR) is 76.5 cm³/mol. The minimum Gasteiger partial charge on any atom is -0.479 e. The molecule has 0 aliphatic heterocycles. The monoisotopic (exact) mass is 330 g/mol. The Labute approximate surface area is 134 Å². The Morgan fingerprint density at radius 2 is 1.96 bits per heavy atom. The average Bonchev–Trinajstić information content (AvgIpc) is 2.82. The smallest absolute Gasteiger partial charge is 0.345 e. The summed E-state index contributed by atoms with van der Waals surface area (Å²) < 4.78 is 14.8. The number of ketones is 1. The van der Waals surface area contributed by atoms with Crippen molar-refractivity contribution in [1.82, 2.24) is 0 Å². The first kappa shape index (κ1) is 19.1. The molecule has 0 aromatic rings. The van der Waals surface area contributed by atoms with Crippen LogP contribution < -0.4 is 0 Å². The quantitative estimate of drug-likeness (QED) is 0.532. The number of carboxylic acid groups (broad SMARTS) is 1. The van der Waals surface area contributed by atoms with E-state index in [1.807, 2.05) is 0 Å². The van der Waals surface area contributed by atoms with Gasteiger partial charge in [-0.25, -0.2) is 4.79 Å². The minimum atomic E-state index is -1.69. The second-order valence-corrected chi connectivity index (χ2v) is 5.61. The first-order chi connectivity index (χ1) is 10.7. The van der Waals surface area contributed by atoms with Crippen molar-refractivity contribution in [3.8, 4) is 0 Å². The first-order valence-electron chi connectivity index (χ1n) is 7.25. The maximum absolute atomic E-state index is 12.5. The molecule has 8 nitrogen and oxygen atoms in total. The molecule has 0 aromatic carbocycles. The molecule has 0 amide bonds. The number of esters is 2. The highest BCUT2D eigenvalue weighted by molar-refractivity contribution is 6.06. The summed E-state index contributed by atoms with van der Waals surface area (Å²) in [7, 11) is 2.57. The lowest BCUT2D eigenvalue weighted by Gasteiger charge is -2.35. The lowest BCUT2D eigenvalue weighted by atomic mass is 9.70. The summed E-state index contributed by atoms with van der Waals surface area (Å²) in [4.78, 5) is 47.3. The van der Waals surface area contributed by atoms with Crippen molar-refractivity contribution >= 4 is 23.7 Å². The van der Waals surface area contributed by atoms with Crippen molar-refractivity contribution in [2.45, 2.75) is 45.3 Å². The van der Waals surface area contributed by atoms with Crippen LogP contribution in [0.15, 0.2) is 0 Å². The summed E-state index contributed by atoms with van der Waals surface area (Å²) in [6, 6.07) is 0. The molecule has 130 valence electrons. The molecular weight excluding hydrogens is 308 g/mol. The molecule has 0 unspecified atom stereocenters. The van der Waals surface area contributed by atoms with Gasteiger partial charge in [-0.1, -0.05) is 0 Å². The Bertz CT molecular complexity index is 500. The van der Waals surface area contributed by atoms with E-state index in [4.69, 9.17) is 14.2 Å². The lowest BCUT2D eigenvalue weighted by Crippen LogP contribution is -2.49. The summed E-state index contributed by atoms with van der Waals surface area (Å²) in [5.41, 5.74) is -1.69. The molecule has 1 fully saturated rings. The van der Waals surface area contributed by atoms with Crippen molar-refractivity contribution < 1.29 is 38.5 Å². The van der Waals surface area contributed by atoms with Crippen LogP contribution in [0.4, 0.5) is 0 Å². The molecule has 1 N–H and O–H groups in total. The molecule has 0 saturated heterocycles. The molecule has 1 aliphatic rings. The number of methoxy groups -OCH3 is 2. The van der Waals surface area contributed by atoms with E-state index in [0.29, 0.717) is 6.42 Å². The SMILES string of the molecule is COC(=O)[C@]1(C[C@@H](OC(C)=O)C(=O)O)C(=O)CC[C@@H]1[C@@H](C)OC. The Morgan fingerprint density at radius 1 is 1.35 bits per heavy atom. The van der Waals surface area contributed by atoms with Gasteiger partial charge in [0.2, 0.25) is 0 Å². The fraction of sp³-hybridized carbons (Fsp3) is 0.733. The van der Waals surface area contributed by atoms with Gasteiger partial charge in [0.25, 0.3) is 0 Å². The molecule has 4 atom stereocenters. The zero-order valence-electron chi connectivity index (χ0n) is 13.7. The summed E-state index contributed by atoms with van der Waals surface area (Å²) in [6.45, 7) is 2.76. The van der Waals surface area contributed by atoms with Crippen LogP contribution in [0.25, 0.3) is 0 Å². The van der Waals surface area contributed by atoms with E-state index in [2.05, 4.69) is 0 Å². The number of Topliss-reactive ketones (excluding diaryl/α,β-unsaturated/α-hetero) is 1. The second kappa shape index (κ2) is 7.54. The van der Waals surface area contributed by atoms with Crippen molar-refractivity contribution in [2.75, 3.05) is 14.2 Å². The molecule has 1 rings (SSSR count). The Hall–Kier alpha value is -1.96. The highest BCUT2D eigenvalue weighted by Gasteiger charge is 2.60. The number of ether oxygens (including phenoxy) is 3. The van der Waals surface area contributed by atoms with Crippen molar-refractivity contribution in [2.24, 2.45) is 11.3 Å². The Kier molecular flexibility index (Phi) is 6.26. The number of carboxylic acids is 1. The van der Waals surface area contributed by atoms with Crippen molar-refractivity contribution in [3.05, 3.63) is 0 Å². The zero-order chi connectivity index (χ0) is 17.8. The van der Waals surface area contributed by atoms with Crippen LogP contribution in [0, 0.1) is 11.3 Å². The van der Waals surface area contributed by atoms with E-state index in [1.165, 1.54) is 7.11 Å². The third-order valence-electron chi connectivity index (χ3n) is 4.39. The number of carbonyl (C=O) groups excluding carboxylic acids is 3. The van der Waals surface area contributed by atoms with Gasteiger partial charge in [-0.05, 0) is 13.3 Å². The van der Waals surface area contributed by atoms with Gasteiger partial charge in [0.05, 0.1) is 13.2 Å². The fourth-order valence-electron chi connectivity index (χ4n) is 3.23. The molecule has 23 heavy (non-hydrogen) atoms. The van der Waals surface area contributed by atoms with Gasteiger partial charge in [0, 0.05) is 32.8 Å². The van der Waals surface area contributed by atoms with E-state index in [0.717, 1.165) is 14.0 Å². The third kappa shape index (κ3) is 3.69. The van der Waals surface area contributed by atoms with Crippen LogP contribution >= 0.6 is 0 Å². The largest absolute Gasteiger partial charge is 0.479 e. The maximum Gasteiger partial charge on any atom is 0.345 e. The third-order valence-corrected chi connectivity index (χ3v) is 4.39. The molecule has 0 heterocycles. The molecule has 0 bridgehead atoms. The van der Waals surface area contributed by atoms with Crippen LogP contribution in [0.1, 0.15) is 33.1 Å². The summed E-state index contributed by atoms with van der Waals surface area (Å²) in [5.74, 6) is -4.03. The Morgan fingerprint density at radius 3 is 2.39 bits per heavy atom. The molecule has 8 heteroatoms. The van der Waals surface area contributed by atoms with Crippen LogP contribution in [0.5, 0.6) is 0 Å². The van der Waals surface area contributed by atoms with Gasteiger partial charge in [-0.15, -0.1) is 0 Å². The van der Waals surface area contributed by atoms with Crippen molar-refractivity contribution in [3.63, 3.8) is 0 Å². The van der Waals surface area contributed by atoms with Crippen LogP contribution in [0.2, 0.25) is 0 Å². The molecule has 0 spiro atoms. The highest BCUT2D eigenvalue weighted by atomic mass is 16.6. The molecule has 0 aromatic heterocycles. The van der Waals surface area contributed by atoms with Gasteiger partial charge in [0.15, 0.2) is 11.9 Å². The van der Waals surface area contributed by atoms with Crippen LogP contribution in [-0.4, -0.2) is 55.2 Å². The minimum absolute atomic E-state index is 0.111. The standard InChI is InChI=1S/C15H22O8/c1-8(21-3)10-5-6-12(17)15(10,14(20)22-4)7-11(13(18)19)23-9(2)16/h8,10-11H,5-7H2,1-4H3,(H,18,19)/t8-,10-,11-,15+/m1/s1. The second-order valence-electron chi connectivity index (χ2n) is 5.61. The van der Waals surface area contributed by atoms with Gasteiger partial charge >= 0.3 is 17.9 Å². The molecule has 1 saturated carbocycles. The summed E-state index contributed by atoms with van der Waals surface area (Å²) in [6.07, 6.45) is -2.06. The van der Waals surface area contributed by atoms with Gasteiger partial charge in [-0.2, -0.15) is 0 Å². The van der Waals surface area contributed by atoms with Gasteiger partial charge in [0.1, 0.15) is 5.41 Å². The van der Waals surface area contributed by atoms with Crippen LogP contribution in [0.3, 0.4) is 0 Å². The fourth-order valence-corrected chi connectivity index (χ4v) is 3.23. The molecular formula is C15H22O8. The van der Waals surface area contributed by atoms with Gasteiger partial charge in [-0.3, -0.25) is 14.4 Å².